The number of nitrogens with zero attached hydrogens (tertiary/aromatic N) is 2. The van der Waals surface area contributed by atoms with Crippen LogP contribution in [0.4, 0.5) is 4.39 Å². The van der Waals surface area contributed by atoms with Gasteiger partial charge in [-0.3, -0.25) is 9.69 Å². The van der Waals surface area contributed by atoms with E-state index >= 15 is 0 Å². The van der Waals surface area contributed by atoms with Crippen LogP contribution in [0.2, 0.25) is 0 Å². The number of carbonyl (C=O) groups excluding carboxylic acids is 1. The van der Waals surface area contributed by atoms with Crippen molar-refractivity contribution >= 4 is 17.2 Å². The summed E-state index contributed by atoms with van der Waals surface area (Å²) < 4.78 is 13.1. The fraction of sp³-hybridized carbons (Fsp3) is 0.333. The van der Waals surface area contributed by atoms with Gasteiger partial charge < -0.3 is 5.32 Å². The van der Waals surface area contributed by atoms with Gasteiger partial charge in [-0.1, -0.05) is 36.4 Å². The number of likely N-dealkylation sites (tertiary alicyclic amines) is 1. The van der Waals surface area contributed by atoms with Gasteiger partial charge in [-0.05, 0) is 54.1 Å². The lowest BCUT2D eigenvalue weighted by Crippen LogP contribution is -2.42. The van der Waals surface area contributed by atoms with Gasteiger partial charge in [0.1, 0.15) is 10.8 Å². The first-order chi connectivity index (χ1) is 14.6. The summed E-state index contributed by atoms with van der Waals surface area (Å²) in [6.45, 7) is 4.44. The van der Waals surface area contributed by atoms with Crippen LogP contribution in [-0.4, -0.2) is 28.9 Å². The van der Waals surface area contributed by atoms with E-state index in [4.69, 9.17) is 0 Å². The standard InChI is InChI=1S/C24H26FN3OS/c1-17(29)27-23(24-26-12-14-30-24)21-3-2-13-28(16-21)15-18-4-6-19(7-5-18)20-8-10-22(25)11-9-20/h4-12,14,21,23H,2-3,13,15-16H2,1H3,(H,27,29). The van der Waals surface area contributed by atoms with Crippen LogP contribution in [0.5, 0.6) is 0 Å². The Morgan fingerprint density at radius 2 is 1.90 bits per heavy atom. The molecule has 4 nitrogen and oxygen atoms in total. The van der Waals surface area contributed by atoms with Crippen LogP contribution in [-0.2, 0) is 11.3 Å². The molecule has 1 aliphatic heterocycles. The molecule has 1 saturated heterocycles. The molecule has 0 spiro atoms. The lowest BCUT2D eigenvalue weighted by molar-refractivity contribution is -0.120. The average Bonchev–Trinajstić information content (AvgIpc) is 3.28. The average molecular weight is 424 g/mol. The van der Waals surface area contributed by atoms with Gasteiger partial charge in [0.25, 0.3) is 0 Å². The van der Waals surface area contributed by atoms with Gasteiger partial charge in [0.2, 0.25) is 5.91 Å². The van der Waals surface area contributed by atoms with Gasteiger partial charge in [0.15, 0.2) is 0 Å². The van der Waals surface area contributed by atoms with Crippen molar-refractivity contribution in [3.8, 4) is 11.1 Å². The van der Waals surface area contributed by atoms with Crippen LogP contribution in [0.3, 0.4) is 0 Å². The Morgan fingerprint density at radius 1 is 1.20 bits per heavy atom. The number of hydrogen-bond donors (Lipinski definition) is 1. The minimum absolute atomic E-state index is 0.0105. The first-order valence-electron chi connectivity index (χ1n) is 10.3. The Hall–Kier alpha value is -2.57. The highest BCUT2D eigenvalue weighted by Gasteiger charge is 2.30. The molecular weight excluding hydrogens is 397 g/mol. The number of halogens is 1. The van der Waals surface area contributed by atoms with Gasteiger partial charge in [-0.25, -0.2) is 9.37 Å². The predicted molar refractivity (Wildman–Crippen MR) is 119 cm³/mol. The van der Waals surface area contributed by atoms with E-state index in [9.17, 15) is 9.18 Å². The third kappa shape index (κ3) is 5.12. The molecule has 1 amide bonds. The van der Waals surface area contributed by atoms with Crippen LogP contribution in [0.1, 0.15) is 36.4 Å². The van der Waals surface area contributed by atoms with E-state index < -0.39 is 0 Å². The van der Waals surface area contributed by atoms with E-state index in [1.807, 2.05) is 5.38 Å². The SMILES string of the molecule is CC(=O)NC(c1nccs1)C1CCCN(Cc2ccc(-c3ccc(F)cc3)cc2)C1. The maximum absolute atomic E-state index is 13.1. The van der Waals surface area contributed by atoms with E-state index in [0.717, 1.165) is 48.6 Å². The van der Waals surface area contributed by atoms with Crippen molar-refractivity contribution in [3.05, 3.63) is 76.5 Å². The highest BCUT2D eigenvalue weighted by Crippen LogP contribution is 2.31. The second-order valence-corrected chi connectivity index (χ2v) is 8.82. The van der Waals surface area contributed by atoms with Crippen molar-refractivity contribution in [3.63, 3.8) is 0 Å². The zero-order chi connectivity index (χ0) is 20.9. The first kappa shape index (κ1) is 20.7. The summed E-state index contributed by atoms with van der Waals surface area (Å²) in [7, 11) is 0. The molecule has 2 unspecified atom stereocenters. The molecule has 2 atom stereocenters. The Bertz CT molecular complexity index is 957. The number of hydrogen-bond acceptors (Lipinski definition) is 4. The summed E-state index contributed by atoms with van der Waals surface area (Å²) >= 11 is 1.60. The number of benzene rings is 2. The van der Waals surface area contributed by atoms with Crippen molar-refractivity contribution < 1.29 is 9.18 Å². The molecule has 4 rings (SSSR count). The smallest absolute Gasteiger partial charge is 0.217 e. The summed E-state index contributed by atoms with van der Waals surface area (Å²) in [6, 6.07) is 15.1. The second kappa shape index (κ2) is 9.49. The summed E-state index contributed by atoms with van der Waals surface area (Å²) in [4.78, 5) is 18.7. The molecule has 1 fully saturated rings. The predicted octanol–water partition coefficient (Wildman–Crippen LogP) is 5.04. The number of carbonyl (C=O) groups is 1. The molecule has 6 heteroatoms. The van der Waals surface area contributed by atoms with E-state index in [1.165, 1.54) is 17.7 Å². The molecule has 30 heavy (non-hydrogen) atoms. The van der Waals surface area contributed by atoms with Crippen molar-refractivity contribution in [2.24, 2.45) is 5.92 Å². The molecule has 2 aromatic carbocycles. The highest BCUT2D eigenvalue weighted by atomic mass is 32.1. The van der Waals surface area contributed by atoms with Gasteiger partial charge >= 0.3 is 0 Å². The zero-order valence-electron chi connectivity index (χ0n) is 17.1. The normalized spacial score (nSPS) is 18.1. The summed E-state index contributed by atoms with van der Waals surface area (Å²) in [5, 5.41) is 6.07. The second-order valence-electron chi connectivity index (χ2n) is 7.89. The third-order valence-corrected chi connectivity index (χ3v) is 6.49. The molecule has 1 aliphatic rings. The number of nitrogens with one attached hydrogen (secondary N) is 1. The van der Waals surface area contributed by atoms with E-state index in [2.05, 4.69) is 39.5 Å². The molecule has 0 saturated carbocycles. The molecule has 1 aromatic heterocycles. The van der Waals surface area contributed by atoms with E-state index in [-0.39, 0.29) is 17.8 Å². The topological polar surface area (TPSA) is 45.2 Å². The number of rotatable bonds is 6. The van der Waals surface area contributed by atoms with Gasteiger partial charge in [-0.2, -0.15) is 0 Å². The van der Waals surface area contributed by atoms with Gasteiger partial charge in [0, 0.05) is 31.6 Å². The zero-order valence-corrected chi connectivity index (χ0v) is 17.9. The van der Waals surface area contributed by atoms with Crippen molar-refractivity contribution in [2.75, 3.05) is 13.1 Å². The van der Waals surface area contributed by atoms with E-state index in [1.54, 1.807) is 36.6 Å². The molecule has 3 aromatic rings. The Balaban J connectivity index is 1.42. The van der Waals surface area contributed by atoms with Crippen molar-refractivity contribution in [1.82, 2.24) is 15.2 Å². The van der Waals surface area contributed by atoms with Gasteiger partial charge in [-0.15, -0.1) is 11.3 Å². The summed E-state index contributed by atoms with van der Waals surface area (Å²) in [5.41, 5.74) is 3.36. The maximum atomic E-state index is 13.1. The molecule has 1 N–H and O–H groups in total. The Morgan fingerprint density at radius 3 is 2.53 bits per heavy atom. The molecule has 2 heterocycles. The maximum Gasteiger partial charge on any atom is 0.217 e. The van der Waals surface area contributed by atoms with Crippen LogP contribution in [0.15, 0.2) is 60.1 Å². The molecule has 0 radical (unpaired) electrons. The quantitative estimate of drug-likeness (QED) is 0.604. The Labute approximate surface area is 180 Å². The third-order valence-electron chi connectivity index (χ3n) is 5.63. The minimum Gasteiger partial charge on any atom is -0.347 e. The molecular formula is C24H26FN3OS. The van der Waals surface area contributed by atoms with Crippen LogP contribution >= 0.6 is 11.3 Å². The summed E-state index contributed by atoms with van der Waals surface area (Å²) in [5.74, 6) is 0.126. The lowest BCUT2D eigenvalue weighted by atomic mass is 9.90. The number of piperidine rings is 1. The minimum atomic E-state index is -0.217. The van der Waals surface area contributed by atoms with Crippen LogP contribution < -0.4 is 5.32 Å². The first-order valence-corrected chi connectivity index (χ1v) is 11.2. The Kier molecular flexibility index (Phi) is 6.55. The largest absolute Gasteiger partial charge is 0.347 e. The molecule has 0 bridgehead atoms. The number of thiazole rings is 1. The molecule has 0 aliphatic carbocycles. The van der Waals surface area contributed by atoms with Crippen molar-refractivity contribution in [1.29, 1.82) is 0 Å². The van der Waals surface area contributed by atoms with E-state index in [0.29, 0.717) is 5.92 Å². The summed E-state index contributed by atoms with van der Waals surface area (Å²) in [6.07, 6.45) is 4.00. The highest BCUT2D eigenvalue weighted by molar-refractivity contribution is 7.09. The number of amides is 1. The van der Waals surface area contributed by atoms with Crippen LogP contribution in [0, 0.1) is 11.7 Å². The fourth-order valence-corrected chi connectivity index (χ4v) is 4.98. The lowest BCUT2D eigenvalue weighted by Gasteiger charge is -2.36. The van der Waals surface area contributed by atoms with Crippen molar-refractivity contribution in [2.45, 2.75) is 32.4 Å². The number of aromatic nitrogens is 1. The van der Waals surface area contributed by atoms with Crippen LogP contribution in [0.25, 0.3) is 11.1 Å². The van der Waals surface area contributed by atoms with Gasteiger partial charge in [0.05, 0.1) is 6.04 Å². The fourth-order valence-electron chi connectivity index (χ4n) is 4.20. The monoisotopic (exact) mass is 423 g/mol. The molecule has 156 valence electrons.